The molecule has 0 aliphatic carbocycles. The SMILES string of the molecule is CCNC(=NCc1ccccc1C)NCC(C)(C)N1CCOCC1.I. The molecule has 1 saturated heterocycles. The maximum absolute atomic E-state index is 5.46. The number of benzene rings is 1. The molecule has 0 aromatic heterocycles. The fourth-order valence-corrected chi connectivity index (χ4v) is 2.87. The molecular formula is C19H33IN4O. The molecular weight excluding hydrogens is 427 g/mol. The lowest BCUT2D eigenvalue weighted by atomic mass is 10.0. The third-order valence-electron chi connectivity index (χ3n) is 4.57. The van der Waals surface area contributed by atoms with Gasteiger partial charge in [-0.3, -0.25) is 4.90 Å². The van der Waals surface area contributed by atoms with Crippen molar-refractivity contribution in [3.63, 3.8) is 0 Å². The smallest absolute Gasteiger partial charge is 0.191 e. The van der Waals surface area contributed by atoms with E-state index >= 15 is 0 Å². The van der Waals surface area contributed by atoms with Gasteiger partial charge in [0.25, 0.3) is 0 Å². The summed E-state index contributed by atoms with van der Waals surface area (Å²) >= 11 is 0. The number of aliphatic imine (C=N–C) groups is 1. The second-order valence-corrected chi connectivity index (χ2v) is 6.89. The minimum Gasteiger partial charge on any atom is -0.379 e. The van der Waals surface area contributed by atoms with Crippen molar-refractivity contribution in [3.05, 3.63) is 35.4 Å². The molecule has 25 heavy (non-hydrogen) atoms. The molecule has 0 radical (unpaired) electrons. The van der Waals surface area contributed by atoms with Crippen molar-refractivity contribution in [1.29, 1.82) is 0 Å². The molecule has 6 heteroatoms. The lowest BCUT2D eigenvalue weighted by molar-refractivity contribution is -0.00834. The summed E-state index contributed by atoms with van der Waals surface area (Å²) < 4.78 is 5.46. The molecule has 0 atom stereocenters. The monoisotopic (exact) mass is 460 g/mol. The molecule has 5 nitrogen and oxygen atoms in total. The van der Waals surface area contributed by atoms with Crippen molar-refractivity contribution in [2.45, 2.75) is 39.8 Å². The van der Waals surface area contributed by atoms with Crippen LogP contribution in [0.3, 0.4) is 0 Å². The number of hydrogen-bond donors (Lipinski definition) is 2. The van der Waals surface area contributed by atoms with Gasteiger partial charge in [-0.2, -0.15) is 0 Å². The van der Waals surface area contributed by atoms with Crippen LogP contribution in [0.4, 0.5) is 0 Å². The highest BCUT2D eigenvalue weighted by atomic mass is 127. The van der Waals surface area contributed by atoms with E-state index in [0.29, 0.717) is 6.54 Å². The van der Waals surface area contributed by atoms with Gasteiger partial charge in [-0.15, -0.1) is 24.0 Å². The first-order valence-corrected chi connectivity index (χ1v) is 8.92. The summed E-state index contributed by atoms with van der Waals surface area (Å²) in [5.41, 5.74) is 2.62. The quantitative estimate of drug-likeness (QED) is 0.390. The van der Waals surface area contributed by atoms with Crippen LogP contribution in [0.25, 0.3) is 0 Å². The molecule has 1 aromatic rings. The summed E-state index contributed by atoms with van der Waals surface area (Å²) in [6.45, 7) is 14.8. The number of morpholine rings is 1. The standard InChI is InChI=1S/C19H32N4O.HI/c1-5-20-18(21-14-17-9-7-6-8-16(17)2)22-15-19(3,4)23-10-12-24-13-11-23;/h6-9H,5,10-15H2,1-4H3,(H2,20,21,22);1H. The van der Waals surface area contributed by atoms with Gasteiger partial charge in [0, 0.05) is 31.7 Å². The molecule has 1 aromatic carbocycles. The normalized spacial score (nSPS) is 16.2. The van der Waals surface area contributed by atoms with Crippen LogP contribution in [0.1, 0.15) is 31.9 Å². The van der Waals surface area contributed by atoms with Gasteiger partial charge in [0.15, 0.2) is 5.96 Å². The number of aryl methyl sites for hydroxylation is 1. The van der Waals surface area contributed by atoms with E-state index in [0.717, 1.165) is 45.4 Å². The second-order valence-electron chi connectivity index (χ2n) is 6.89. The van der Waals surface area contributed by atoms with E-state index < -0.39 is 0 Å². The zero-order chi connectivity index (χ0) is 17.4. The molecule has 0 amide bonds. The number of ether oxygens (including phenoxy) is 1. The van der Waals surface area contributed by atoms with Gasteiger partial charge in [0.2, 0.25) is 0 Å². The number of halogens is 1. The highest BCUT2D eigenvalue weighted by molar-refractivity contribution is 14.0. The Hall–Kier alpha value is -0.860. The molecule has 2 rings (SSSR count). The van der Waals surface area contributed by atoms with Crippen LogP contribution in [-0.4, -0.2) is 55.8 Å². The van der Waals surface area contributed by atoms with Crippen molar-refractivity contribution in [1.82, 2.24) is 15.5 Å². The fraction of sp³-hybridized carbons (Fsp3) is 0.632. The van der Waals surface area contributed by atoms with E-state index in [-0.39, 0.29) is 29.5 Å². The fourth-order valence-electron chi connectivity index (χ4n) is 2.87. The zero-order valence-electron chi connectivity index (χ0n) is 16.0. The Morgan fingerprint density at radius 3 is 2.52 bits per heavy atom. The topological polar surface area (TPSA) is 48.9 Å². The van der Waals surface area contributed by atoms with E-state index in [1.165, 1.54) is 11.1 Å². The average molecular weight is 460 g/mol. The molecule has 1 fully saturated rings. The number of rotatable bonds is 6. The number of nitrogens with zero attached hydrogens (tertiary/aromatic N) is 2. The molecule has 0 spiro atoms. The Balaban J connectivity index is 0.00000312. The maximum Gasteiger partial charge on any atom is 0.191 e. The van der Waals surface area contributed by atoms with Gasteiger partial charge in [-0.05, 0) is 38.8 Å². The van der Waals surface area contributed by atoms with Gasteiger partial charge >= 0.3 is 0 Å². The van der Waals surface area contributed by atoms with Crippen molar-refractivity contribution in [2.75, 3.05) is 39.4 Å². The molecule has 1 heterocycles. The minimum atomic E-state index is 0. The predicted molar refractivity (Wildman–Crippen MR) is 116 cm³/mol. The highest BCUT2D eigenvalue weighted by Gasteiger charge is 2.28. The van der Waals surface area contributed by atoms with Crippen LogP contribution in [-0.2, 0) is 11.3 Å². The average Bonchev–Trinajstić information content (AvgIpc) is 2.59. The molecule has 0 unspecified atom stereocenters. The first kappa shape index (κ1) is 22.2. The van der Waals surface area contributed by atoms with Crippen LogP contribution >= 0.6 is 24.0 Å². The van der Waals surface area contributed by atoms with E-state index in [1.807, 2.05) is 0 Å². The predicted octanol–water partition coefficient (Wildman–Crippen LogP) is 2.78. The van der Waals surface area contributed by atoms with Crippen molar-refractivity contribution in [2.24, 2.45) is 4.99 Å². The molecule has 1 aliphatic heterocycles. The van der Waals surface area contributed by atoms with Gasteiger partial charge in [-0.1, -0.05) is 24.3 Å². The van der Waals surface area contributed by atoms with Crippen LogP contribution < -0.4 is 10.6 Å². The van der Waals surface area contributed by atoms with Gasteiger partial charge in [0.05, 0.1) is 19.8 Å². The highest BCUT2D eigenvalue weighted by Crippen LogP contribution is 2.15. The van der Waals surface area contributed by atoms with E-state index in [2.05, 4.69) is 67.5 Å². The first-order chi connectivity index (χ1) is 11.5. The van der Waals surface area contributed by atoms with E-state index in [9.17, 15) is 0 Å². The zero-order valence-corrected chi connectivity index (χ0v) is 18.3. The van der Waals surface area contributed by atoms with Gasteiger partial charge in [-0.25, -0.2) is 4.99 Å². The summed E-state index contributed by atoms with van der Waals surface area (Å²) in [7, 11) is 0. The van der Waals surface area contributed by atoms with Gasteiger partial charge in [0.1, 0.15) is 0 Å². The van der Waals surface area contributed by atoms with E-state index in [1.54, 1.807) is 0 Å². The van der Waals surface area contributed by atoms with Crippen LogP contribution in [0, 0.1) is 6.92 Å². The Kier molecular flexibility index (Phi) is 9.74. The minimum absolute atomic E-state index is 0. The third kappa shape index (κ3) is 7.11. The Morgan fingerprint density at radius 2 is 1.88 bits per heavy atom. The van der Waals surface area contributed by atoms with Gasteiger partial charge < -0.3 is 15.4 Å². The molecule has 2 N–H and O–H groups in total. The molecule has 0 saturated carbocycles. The largest absolute Gasteiger partial charge is 0.379 e. The summed E-state index contributed by atoms with van der Waals surface area (Å²) in [6.07, 6.45) is 0. The lowest BCUT2D eigenvalue weighted by Gasteiger charge is -2.41. The van der Waals surface area contributed by atoms with Crippen LogP contribution in [0.5, 0.6) is 0 Å². The van der Waals surface area contributed by atoms with Crippen molar-refractivity contribution in [3.8, 4) is 0 Å². The number of hydrogen-bond acceptors (Lipinski definition) is 3. The summed E-state index contributed by atoms with van der Waals surface area (Å²) in [5, 5.41) is 6.85. The summed E-state index contributed by atoms with van der Waals surface area (Å²) in [5.74, 6) is 0.877. The lowest BCUT2D eigenvalue weighted by Crippen LogP contribution is -2.56. The number of guanidine groups is 1. The molecule has 1 aliphatic rings. The van der Waals surface area contributed by atoms with Crippen molar-refractivity contribution < 1.29 is 4.74 Å². The van der Waals surface area contributed by atoms with Crippen molar-refractivity contribution >= 4 is 29.9 Å². The van der Waals surface area contributed by atoms with Crippen LogP contribution in [0.2, 0.25) is 0 Å². The van der Waals surface area contributed by atoms with E-state index in [4.69, 9.17) is 9.73 Å². The first-order valence-electron chi connectivity index (χ1n) is 8.92. The molecule has 142 valence electrons. The Bertz CT molecular complexity index is 542. The Morgan fingerprint density at radius 1 is 1.20 bits per heavy atom. The summed E-state index contributed by atoms with van der Waals surface area (Å²) in [4.78, 5) is 7.22. The Labute approximate surface area is 169 Å². The molecule has 0 bridgehead atoms. The third-order valence-corrected chi connectivity index (χ3v) is 4.57. The van der Waals surface area contributed by atoms with Crippen LogP contribution in [0.15, 0.2) is 29.3 Å². The number of nitrogens with one attached hydrogen (secondary N) is 2. The summed E-state index contributed by atoms with van der Waals surface area (Å²) in [6, 6.07) is 8.41. The second kappa shape index (κ2) is 11.0. The maximum atomic E-state index is 5.46.